The smallest absolute Gasteiger partial charge is 0.243 e. The number of hydrogen-bond donors (Lipinski definition) is 1. The second-order valence-corrected chi connectivity index (χ2v) is 9.00. The van der Waals surface area contributed by atoms with Crippen molar-refractivity contribution >= 4 is 11.8 Å². The Morgan fingerprint density at radius 3 is 2.15 bits per heavy atom. The van der Waals surface area contributed by atoms with Gasteiger partial charge in [-0.05, 0) is 69.0 Å². The molecule has 2 aromatic carbocycles. The van der Waals surface area contributed by atoms with E-state index in [1.165, 1.54) is 12.1 Å². The Hall–Kier alpha value is -3.09. The van der Waals surface area contributed by atoms with E-state index in [1.54, 1.807) is 37.3 Å². The third kappa shape index (κ3) is 7.77. The molecule has 180 valence electrons. The van der Waals surface area contributed by atoms with E-state index >= 15 is 0 Å². The van der Waals surface area contributed by atoms with Crippen LogP contribution in [0.4, 0.5) is 4.39 Å². The number of nitrogens with one attached hydrogen (secondary N) is 1. The van der Waals surface area contributed by atoms with E-state index in [4.69, 9.17) is 9.47 Å². The van der Waals surface area contributed by atoms with Crippen molar-refractivity contribution in [2.45, 2.75) is 65.1 Å². The maximum atomic E-state index is 13.4. The zero-order chi connectivity index (χ0) is 24.6. The standard InChI is InChI=1S/C26H35FN2O4/c1-7-21(25(31)28-26(2,3)4)29(17-19-8-12-20(27)13-9-19)24(30)15-11-18-10-14-22(32-5)23(16-18)33-6/h8-10,12-14,16,21H,7,11,15,17H2,1-6H3,(H,28,31). The van der Waals surface area contributed by atoms with Crippen molar-refractivity contribution < 1.29 is 23.5 Å². The summed E-state index contributed by atoms with van der Waals surface area (Å²) in [6.45, 7) is 7.82. The van der Waals surface area contributed by atoms with Gasteiger partial charge in [-0.1, -0.05) is 25.1 Å². The molecule has 0 spiro atoms. The Balaban J connectivity index is 2.24. The fourth-order valence-electron chi connectivity index (χ4n) is 3.59. The second kappa shape index (κ2) is 11.7. The van der Waals surface area contributed by atoms with Crippen molar-refractivity contribution in [2.24, 2.45) is 0 Å². The van der Waals surface area contributed by atoms with Crippen LogP contribution in [0.2, 0.25) is 0 Å². The number of rotatable bonds is 10. The summed E-state index contributed by atoms with van der Waals surface area (Å²) in [5.74, 6) is 0.524. The lowest BCUT2D eigenvalue weighted by Crippen LogP contribution is -2.53. The largest absolute Gasteiger partial charge is 0.493 e. The molecule has 0 bridgehead atoms. The van der Waals surface area contributed by atoms with Crippen molar-refractivity contribution in [1.82, 2.24) is 10.2 Å². The lowest BCUT2D eigenvalue weighted by Gasteiger charge is -2.33. The molecule has 0 aromatic heterocycles. The van der Waals surface area contributed by atoms with Crippen LogP contribution in [0, 0.1) is 5.82 Å². The number of halogens is 1. The molecule has 0 aliphatic heterocycles. The number of benzene rings is 2. The lowest BCUT2D eigenvalue weighted by atomic mass is 10.0. The van der Waals surface area contributed by atoms with E-state index in [0.29, 0.717) is 24.3 Å². The zero-order valence-corrected chi connectivity index (χ0v) is 20.4. The third-order valence-corrected chi connectivity index (χ3v) is 5.23. The summed E-state index contributed by atoms with van der Waals surface area (Å²) in [7, 11) is 3.14. The Labute approximate surface area is 196 Å². The molecule has 0 aliphatic rings. The predicted octanol–water partition coefficient (Wildman–Crippen LogP) is 4.50. The van der Waals surface area contributed by atoms with Crippen LogP contribution in [0.15, 0.2) is 42.5 Å². The molecule has 1 N–H and O–H groups in total. The summed E-state index contributed by atoms with van der Waals surface area (Å²) in [5, 5.41) is 2.98. The van der Waals surface area contributed by atoms with Gasteiger partial charge >= 0.3 is 0 Å². The van der Waals surface area contributed by atoms with Crippen LogP contribution in [0.1, 0.15) is 51.7 Å². The monoisotopic (exact) mass is 458 g/mol. The van der Waals surface area contributed by atoms with Crippen molar-refractivity contribution in [3.8, 4) is 11.5 Å². The van der Waals surface area contributed by atoms with Crippen molar-refractivity contribution in [3.05, 3.63) is 59.4 Å². The fraction of sp³-hybridized carbons (Fsp3) is 0.462. The quantitative estimate of drug-likeness (QED) is 0.569. The summed E-state index contributed by atoms with van der Waals surface area (Å²) in [6, 6.07) is 10.9. The van der Waals surface area contributed by atoms with Gasteiger partial charge in [0, 0.05) is 18.5 Å². The SMILES string of the molecule is CCC(C(=O)NC(C)(C)C)N(Cc1ccc(F)cc1)C(=O)CCc1ccc(OC)c(OC)c1. The molecule has 0 radical (unpaired) electrons. The topological polar surface area (TPSA) is 67.9 Å². The number of aryl methyl sites for hydroxylation is 1. The Kier molecular flexibility index (Phi) is 9.26. The third-order valence-electron chi connectivity index (χ3n) is 5.23. The maximum absolute atomic E-state index is 13.4. The van der Waals surface area contributed by atoms with Crippen LogP contribution < -0.4 is 14.8 Å². The molecular formula is C26H35FN2O4. The minimum Gasteiger partial charge on any atom is -0.493 e. The minimum absolute atomic E-state index is 0.148. The van der Waals surface area contributed by atoms with Crippen molar-refractivity contribution in [3.63, 3.8) is 0 Å². The number of carbonyl (C=O) groups is 2. The zero-order valence-electron chi connectivity index (χ0n) is 20.4. The van der Waals surface area contributed by atoms with Gasteiger partial charge in [-0.15, -0.1) is 0 Å². The number of carbonyl (C=O) groups excluding carboxylic acids is 2. The van der Waals surface area contributed by atoms with Crippen LogP contribution in [0.25, 0.3) is 0 Å². The Morgan fingerprint density at radius 1 is 1.00 bits per heavy atom. The molecule has 6 nitrogen and oxygen atoms in total. The minimum atomic E-state index is -0.632. The molecule has 33 heavy (non-hydrogen) atoms. The average Bonchev–Trinajstić information content (AvgIpc) is 2.77. The van der Waals surface area contributed by atoms with Gasteiger partial charge in [-0.2, -0.15) is 0 Å². The summed E-state index contributed by atoms with van der Waals surface area (Å²) in [4.78, 5) is 28.0. The van der Waals surface area contributed by atoms with E-state index in [0.717, 1.165) is 11.1 Å². The van der Waals surface area contributed by atoms with E-state index in [1.807, 2.05) is 39.8 Å². The highest BCUT2D eigenvalue weighted by atomic mass is 19.1. The van der Waals surface area contributed by atoms with Gasteiger partial charge in [0.05, 0.1) is 14.2 Å². The van der Waals surface area contributed by atoms with Gasteiger partial charge in [0.2, 0.25) is 11.8 Å². The van der Waals surface area contributed by atoms with Gasteiger partial charge in [-0.25, -0.2) is 4.39 Å². The molecule has 0 fully saturated rings. The highest BCUT2D eigenvalue weighted by Crippen LogP contribution is 2.28. The van der Waals surface area contributed by atoms with Crippen molar-refractivity contribution in [2.75, 3.05) is 14.2 Å². The molecule has 0 saturated heterocycles. The molecule has 0 heterocycles. The molecule has 2 rings (SSSR count). The average molecular weight is 459 g/mol. The first-order valence-electron chi connectivity index (χ1n) is 11.1. The summed E-state index contributed by atoms with van der Waals surface area (Å²) >= 11 is 0. The lowest BCUT2D eigenvalue weighted by molar-refractivity contribution is -0.142. The Morgan fingerprint density at radius 2 is 1.61 bits per heavy atom. The van der Waals surface area contributed by atoms with Crippen LogP contribution >= 0.6 is 0 Å². The highest BCUT2D eigenvalue weighted by Gasteiger charge is 2.30. The number of methoxy groups -OCH3 is 2. The molecule has 7 heteroatoms. The van der Waals surface area contributed by atoms with E-state index < -0.39 is 11.6 Å². The van der Waals surface area contributed by atoms with Crippen LogP contribution in [0.5, 0.6) is 11.5 Å². The summed E-state index contributed by atoms with van der Waals surface area (Å²) in [6.07, 6.45) is 1.16. The molecule has 0 saturated carbocycles. The first-order valence-corrected chi connectivity index (χ1v) is 11.1. The first-order chi connectivity index (χ1) is 15.6. The number of ether oxygens (including phenoxy) is 2. The second-order valence-electron chi connectivity index (χ2n) is 9.00. The molecule has 1 atom stereocenters. The summed E-state index contributed by atoms with van der Waals surface area (Å²) < 4.78 is 24.0. The predicted molar refractivity (Wildman–Crippen MR) is 127 cm³/mol. The van der Waals surface area contributed by atoms with Gasteiger partial charge in [0.25, 0.3) is 0 Å². The van der Waals surface area contributed by atoms with E-state index in [2.05, 4.69) is 5.32 Å². The molecule has 2 aromatic rings. The number of hydrogen-bond acceptors (Lipinski definition) is 4. The van der Waals surface area contributed by atoms with Crippen molar-refractivity contribution in [1.29, 1.82) is 0 Å². The maximum Gasteiger partial charge on any atom is 0.243 e. The highest BCUT2D eigenvalue weighted by molar-refractivity contribution is 5.88. The van der Waals surface area contributed by atoms with Gasteiger partial charge in [0.15, 0.2) is 11.5 Å². The summed E-state index contributed by atoms with van der Waals surface area (Å²) in [5.41, 5.74) is 1.27. The van der Waals surface area contributed by atoms with Gasteiger partial charge < -0.3 is 19.7 Å². The first kappa shape index (κ1) is 26.2. The Bertz CT molecular complexity index is 938. The number of amides is 2. The molecular weight excluding hydrogens is 423 g/mol. The molecule has 2 amide bonds. The normalized spacial score (nSPS) is 12.1. The van der Waals surface area contributed by atoms with E-state index in [9.17, 15) is 14.0 Å². The van der Waals surface area contributed by atoms with Crippen LogP contribution in [-0.2, 0) is 22.6 Å². The molecule has 0 aliphatic carbocycles. The van der Waals surface area contributed by atoms with Crippen LogP contribution in [-0.4, -0.2) is 42.5 Å². The van der Waals surface area contributed by atoms with E-state index in [-0.39, 0.29) is 30.6 Å². The molecule has 1 unspecified atom stereocenters. The fourth-order valence-corrected chi connectivity index (χ4v) is 3.59. The van der Waals surface area contributed by atoms with Gasteiger partial charge in [-0.3, -0.25) is 9.59 Å². The van der Waals surface area contributed by atoms with Gasteiger partial charge in [0.1, 0.15) is 11.9 Å². The van der Waals surface area contributed by atoms with Crippen LogP contribution in [0.3, 0.4) is 0 Å². The number of nitrogens with zero attached hydrogens (tertiary/aromatic N) is 1.